The van der Waals surface area contributed by atoms with Gasteiger partial charge in [-0.05, 0) is 0 Å². The molecule has 0 saturated carbocycles. The van der Waals surface area contributed by atoms with E-state index in [9.17, 15) is 23.1 Å². The summed E-state index contributed by atoms with van der Waals surface area (Å²) in [4.78, 5) is 15.9. The van der Waals surface area contributed by atoms with E-state index in [4.69, 9.17) is 0 Å². The van der Waals surface area contributed by atoms with Crippen molar-refractivity contribution in [1.82, 2.24) is 14.5 Å². The summed E-state index contributed by atoms with van der Waals surface area (Å²) in [7, 11) is 3.95. The molecule has 0 aliphatic rings. The summed E-state index contributed by atoms with van der Waals surface area (Å²) in [5.74, 6) is -1.44. The highest BCUT2D eigenvalue weighted by atomic mass is 19.4. The molecule has 5 nitrogen and oxygen atoms in total. The van der Waals surface area contributed by atoms with Crippen LogP contribution in [-0.4, -0.2) is 45.7 Å². The van der Waals surface area contributed by atoms with Crippen molar-refractivity contribution in [3.63, 3.8) is 0 Å². The number of aryl methyl sites for hydroxylation is 1. The van der Waals surface area contributed by atoms with Gasteiger partial charge in [-0.25, -0.2) is 4.98 Å². The van der Waals surface area contributed by atoms with Crippen LogP contribution in [0.3, 0.4) is 0 Å². The summed E-state index contributed by atoms with van der Waals surface area (Å²) in [5, 5.41) is 9.85. The third kappa shape index (κ3) is 2.47. The SMILES string of the molecule is CN(C)C(=O)C[C@](O)(c1nccn1C)C(F)(F)F. The maximum atomic E-state index is 13.0. The van der Waals surface area contributed by atoms with Gasteiger partial charge < -0.3 is 14.6 Å². The number of aromatic nitrogens is 2. The molecule has 18 heavy (non-hydrogen) atoms. The fourth-order valence-corrected chi connectivity index (χ4v) is 1.45. The zero-order chi connectivity index (χ0) is 14.1. The molecule has 0 fully saturated rings. The fraction of sp³-hybridized carbons (Fsp3) is 0.600. The Hall–Kier alpha value is -1.57. The van der Waals surface area contributed by atoms with E-state index in [0.717, 1.165) is 15.7 Å². The van der Waals surface area contributed by atoms with E-state index < -0.39 is 29.9 Å². The summed E-state index contributed by atoms with van der Waals surface area (Å²) in [6.07, 6.45) is -3.69. The minimum absolute atomic E-state index is 0.606. The Morgan fingerprint density at radius 3 is 2.39 bits per heavy atom. The van der Waals surface area contributed by atoms with Gasteiger partial charge in [-0.15, -0.1) is 0 Å². The van der Waals surface area contributed by atoms with E-state index in [0.29, 0.717) is 0 Å². The number of rotatable bonds is 3. The standard InChI is InChI=1S/C10H14F3N3O2/c1-15(2)7(17)6-9(18,10(11,12)13)8-14-4-5-16(8)3/h4-5,18H,6H2,1-3H3/t9-/m0/s1. The number of halogens is 3. The number of aliphatic hydroxyl groups is 1. The number of nitrogens with zero attached hydrogens (tertiary/aromatic N) is 3. The van der Waals surface area contributed by atoms with Crippen LogP contribution >= 0.6 is 0 Å². The van der Waals surface area contributed by atoms with Crippen molar-refractivity contribution in [3.8, 4) is 0 Å². The summed E-state index contributed by atoms with van der Waals surface area (Å²) < 4.78 is 40.0. The van der Waals surface area contributed by atoms with Crippen molar-refractivity contribution in [1.29, 1.82) is 0 Å². The quantitative estimate of drug-likeness (QED) is 0.873. The Bertz CT molecular complexity index is 442. The first kappa shape index (κ1) is 14.5. The first-order valence-electron chi connectivity index (χ1n) is 5.06. The predicted molar refractivity (Wildman–Crippen MR) is 56.5 cm³/mol. The van der Waals surface area contributed by atoms with Gasteiger partial charge in [-0.2, -0.15) is 13.2 Å². The molecule has 1 heterocycles. The van der Waals surface area contributed by atoms with E-state index in [2.05, 4.69) is 4.98 Å². The van der Waals surface area contributed by atoms with Crippen molar-refractivity contribution >= 4 is 5.91 Å². The van der Waals surface area contributed by atoms with Gasteiger partial charge in [0.1, 0.15) is 0 Å². The number of alkyl halides is 3. The molecule has 1 N–H and O–H groups in total. The lowest BCUT2D eigenvalue weighted by Gasteiger charge is -2.30. The number of carbonyl (C=O) groups is 1. The number of imidazole rings is 1. The lowest BCUT2D eigenvalue weighted by molar-refractivity contribution is -0.271. The molecule has 0 bridgehead atoms. The van der Waals surface area contributed by atoms with E-state index in [-0.39, 0.29) is 0 Å². The third-order valence-corrected chi connectivity index (χ3v) is 2.57. The van der Waals surface area contributed by atoms with Crippen molar-refractivity contribution in [3.05, 3.63) is 18.2 Å². The summed E-state index contributed by atoms with van der Waals surface area (Å²) in [6.45, 7) is 0. The fourth-order valence-electron chi connectivity index (χ4n) is 1.45. The van der Waals surface area contributed by atoms with E-state index in [1.165, 1.54) is 27.3 Å². The van der Waals surface area contributed by atoms with E-state index >= 15 is 0 Å². The topological polar surface area (TPSA) is 58.4 Å². The van der Waals surface area contributed by atoms with Gasteiger partial charge in [0.2, 0.25) is 11.5 Å². The Kier molecular flexibility index (Phi) is 3.70. The molecule has 1 atom stereocenters. The molecule has 1 amide bonds. The third-order valence-electron chi connectivity index (χ3n) is 2.57. The molecule has 0 aliphatic heterocycles. The van der Waals surface area contributed by atoms with Gasteiger partial charge in [0.25, 0.3) is 0 Å². The maximum absolute atomic E-state index is 13.0. The Balaban J connectivity index is 3.21. The number of carbonyl (C=O) groups excluding carboxylic acids is 1. The normalized spacial score (nSPS) is 15.3. The van der Waals surface area contributed by atoms with Crippen LogP contribution < -0.4 is 0 Å². The molecular formula is C10H14F3N3O2. The summed E-state index contributed by atoms with van der Waals surface area (Å²) >= 11 is 0. The van der Waals surface area contributed by atoms with Crippen LogP contribution in [0.15, 0.2) is 12.4 Å². The van der Waals surface area contributed by atoms with Crippen molar-refractivity contribution in [2.24, 2.45) is 7.05 Å². The minimum atomic E-state index is -4.99. The van der Waals surface area contributed by atoms with Crippen molar-refractivity contribution < 1.29 is 23.1 Å². The Morgan fingerprint density at radius 2 is 2.06 bits per heavy atom. The highest BCUT2D eigenvalue weighted by Crippen LogP contribution is 2.40. The van der Waals surface area contributed by atoms with Crippen molar-refractivity contribution in [2.45, 2.75) is 18.2 Å². The molecule has 1 aromatic rings. The molecule has 0 aromatic carbocycles. The molecule has 102 valence electrons. The predicted octanol–water partition coefficient (Wildman–Crippen LogP) is 0.648. The van der Waals surface area contributed by atoms with Crippen LogP contribution in [0.5, 0.6) is 0 Å². The lowest BCUT2D eigenvalue weighted by atomic mass is 9.97. The van der Waals surface area contributed by atoms with Crippen molar-refractivity contribution in [2.75, 3.05) is 14.1 Å². The van der Waals surface area contributed by atoms with E-state index in [1.807, 2.05) is 0 Å². The summed E-state index contributed by atoms with van der Waals surface area (Å²) in [6, 6.07) is 0. The zero-order valence-electron chi connectivity index (χ0n) is 10.2. The van der Waals surface area contributed by atoms with Crippen LogP contribution in [0.25, 0.3) is 0 Å². The van der Waals surface area contributed by atoms with Gasteiger partial charge in [0.15, 0.2) is 5.82 Å². The Labute approximate surface area is 102 Å². The molecule has 0 unspecified atom stereocenters. The zero-order valence-corrected chi connectivity index (χ0v) is 10.2. The lowest BCUT2D eigenvalue weighted by Crippen LogP contribution is -2.47. The smallest absolute Gasteiger partial charge is 0.374 e. The second kappa shape index (κ2) is 4.60. The van der Waals surface area contributed by atoms with Gasteiger partial charge in [0, 0.05) is 33.5 Å². The highest BCUT2D eigenvalue weighted by Gasteiger charge is 2.58. The summed E-state index contributed by atoms with van der Waals surface area (Å²) in [5.41, 5.74) is -3.29. The van der Waals surface area contributed by atoms with Gasteiger partial charge in [-0.1, -0.05) is 0 Å². The molecule has 0 aliphatic carbocycles. The average molecular weight is 265 g/mol. The molecule has 0 radical (unpaired) electrons. The number of hydrogen-bond donors (Lipinski definition) is 1. The molecule has 1 aromatic heterocycles. The van der Waals surface area contributed by atoms with Crippen LogP contribution in [0.2, 0.25) is 0 Å². The van der Waals surface area contributed by atoms with Crippen LogP contribution in [0, 0.1) is 0 Å². The first-order chi connectivity index (χ1) is 8.09. The molecule has 8 heteroatoms. The number of amides is 1. The molecule has 1 rings (SSSR count). The van der Waals surface area contributed by atoms with E-state index in [1.54, 1.807) is 0 Å². The number of hydrogen-bond acceptors (Lipinski definition) is 3. The molecule has 0 saturated heterocycles. The Morgan fingerprint density at radius 1 is 1.50 bits per heavy atom. The van der Waals surface area contributed by atoms with Gasteiger partial charge in [-0.3, -0.25) is 4.79 Å². The second-order valence-electron chi connectivity index (χ2n) is 4.18. The second-order valence-corrected chi connectivity index (χ2v) is 4.18. The average Bonchev–Trinajstić information content (AvgIpc) is 2.62. The maximum Gasteiger partial charge on any atom is 0.425 e. The van der Waals surface area contributed by atoms with Gasteiger partial charge in [0.05, 0.1) is 6.42 Å². The monoisotopic (exact) mass is 265 g/mol. The van der Waals surface area contributed by atoms with Crippen LogP contribution in [0.4, 0.5) is 13.2 Å². The molecular weight excluding hydrogens is 251 g/mol. The minimum Gasteiger partial charge on any atom is -0.374 e. The van der Waals surface area contributed by atoms with Crippen LogP contribution in [0.1, 0.15) is 12.2 Å². The molecule has 0 spiro atoms. The largest absolute Gasteiger partial charge is 0.425 e. The van der Waals surface area contributed by atoms with Gasteiger partial charge >= 0.3 is 6.18 Å². The van der Waals surface area contributed by atoms with Crippen LogP contribution in [-0.2, 0) is 17.4 Å². The first-order valence-corrected chi connectivity index (χ1v) is 5.06. The highest BCUT2D eigenvalue weighted by molar-refractivity contribution is 5.77.